The zero-order valence-electron chi connectivity index (χ0n) is 12.7. The van der Waals surface area contributed by atoms with Crippen molar-refractivity contribution >= 4 is 0 Å². The standard InChI is InChI=1S/C16H24N2O2/c1-12(2)18-16(4,11-17)9-13(3)20-15-7-5-6-14(8-15)10-19/h5-8,12-13,18-19H,9-10H2,1-4H3. The van der Waals surface area contributed by atoms with Crippen molar-refractivity contribution < 1.29 is 9.84 Å². The molecule has 0 saturated carbocycles. The number of hydrogen-bond donors (Lipinski definition) is 2. The summed E-state index contributed by atoms with van der Waals surface area (Å²) in [6.45, 7) is 7.87. The van der Waals surface area contributed by atoms with Gasteiger partial charge in [0.25, 0.3) is 0 Å². The second-order valence-corrected chi connectivity index (χ2v) is 5.68. The lowest BCUT2D eigenvalue weighted by Gasteiger charge is -2.29. The van der Waals surface area contributed by atoms with Gasteiger partial charge in [-0.2, -0.15) is 5.26 Å². The Morgan fingerprint density at radius 2 is 2.10 bits per heavy atom. The van der Waals surface area contributed by atoms with E-state index in [1.165, 1.54) is 0 Å². The van der Waals surface area contributed by atoms with E-state index in [1.54, 1.807) is 0 Å². The number of nitrogens with one attached hydrogen (secondary N) is 1. The van der Waals surface area contributed by atoms with E-state index in [-0.39, 0.29) is 18.8 Å². The number of ether oxygens (including phenoxy) is 1. The molecule has 0 radical (unpaired) electrons. The van der Waals surface area contributed by atoms with Gasteiger partial charge in [0.2, 0.25) is 0 Å². The lowest BCUT2D eigenvalue weighted by molar-refractivity contribution is 0.175. The quantitative estimate of drug-likeness (QED) is 0.803. The summed E-state index contributed by atoms with van der Waals surface area (Å²) in [4.78, 5) is 0. The Morgan fingerprint density at radius 3 is 2.65 bits per heavy atom. The molecule has 0 aliphatic carbocycles. The van der Waals surface area contributed by atoms with Crippen LogP contribution in [0.3, 0.4) is 0 Å². The van der Waals surface area contributed by atoms with Crippen molar-refractivity contribution in [1.29, 1.82) is 5.26 Å². The summed E-state index contributed by atoms with van der Waals surface area (Å²) in [7, 11) is 0. The van der Waals surface area contributed by atoms with Crippen LogP contribution in [-0.4, -0.2) is 22.8 Å². The highest BCUT2D eigenvalue weighted by molar-refractivity contribution is 5.28. The Labute approximate surface area is 121 Å². The predicted molar refractivity (Wildman–Crippen MR) is 79.4 cm³/mol. The third-order valence-electron chi connectivity index (χ3n) is 2.97. The Bertz CT molecular complexity index is 468. The van der Waals surface area contributed by atoms with Crippen LogP contribution in [0, 0.1) is 11.3 Å². The van der Waals surface area contributed by atoms with Gasteiger partial charge in [-0.05, 0) is 45.4 Å². The molecule has 4 nitrogen and oxygen atoms in total. The van der Waals surface area contributed by atoms with Crippen molar-refractivity contribution in [3.05, 3.63) is 29.8 Å². The highest BCUT2D eigenvalue weighted by Crippen LogP contribution is 2.20. The minimum absolute atomic E-state index is 0.00357. The van der Waals surface area contributed by atoms with Crippen molar-refractivity contribution in [2.75, 3.05) is 0 Å². The summed E-state index contributed by atoms with van der Waals surface area (Å²) in [6.07, 6.45) is 0.491. The van der Waals surface area contributed by atoms with Crippen molar-refractivity contribution in [1.82, 2.24) is 5.32 Å². The minimum atomic E-state index is -0.609. The van der Waals surface area contributed by atoms with Crippen LogP contribution in [0.15, 0.2) is 24.3 Å². The second kappa shape index (κ2) is 7.28. The van der Waals surface area contributed by atoms with Crippen LogP contribution in [0.2, 0.25) is 0 Å². The van der Waals surface area contributed by atoms with Gasteiger partial charge in [0.05, 0.1) is 18.8 Å². The van der Waals surface area contributed by atoms with Crippen LogP contribution < -0.4 is 10.1 Å². The van der Waals surface area contributed by atoms with Gasteiger partial charge in [0.1, 0.15) is 11.3 Å². The maximum Gasteiger partial charge on any atom is 0.120 e. The van der Waals surface area contributed by atoms with Crippen LogP contribution in [0.5, 0.6) is 5.75 Å². The zero-order valence-corrected chi connectivity index (χ0v) is 12.7. The summed E-state index contributed by atoms with van der Waals surface area (Å²) in [5.41, 5.74) is 0.209. The normalized spacial score (nSPS) is 15.4. The molecule has 1 aromatic rings. The molecule has 1 aromatic carbocycles. The van der Waals surface area contributed by atoms with E-state index in [0.29, 0.717) is 12.2 Å². The monoisotopic (exact) mass is 276 g/mol. The van der Waals surface area contributed by atoms with Crippen LogP contribution >= 0.6 is 0 Å². The summed E-state index contributed by atoms with van der Waals surface area (Å²) in [6, 6.07) is 9.93. The number of benzene rings is 1. The van der Waals surface area contributed by atoms with Gasteiger partial charge in [-0.15, -0.1) is 0 Å². The Balaban J connectivity index is 2.66. The number of nitrogens with zero attached hydrogens (tertiary/aromatic N) is 1. The number of aliphatic hydroxyl groups excluding tert-OH is 1. The van der Waals surface area contributed by atoms with Crippen LogP contribution in [0.1, 0.15) is 39.7 Å². The summed E-state index contributed by atoms with van der Waals surface area (Å²) in [5.74, 6) is 0.717. The maximum absolute atomic E-state index is 9.33. The Morgan fingerprint density at radius 1 is 1.40 bits per heavy atom. The van der Waals surface area contributed by atoms with E-state index in [1.807, 2.05) is 52.0 Å². The van der Waals surface area contributed by atoms with Gasteiger partial charge >= 0.3 is 0 Å². The van der Waals surface area contributed by atoms with E-state index in [2.05, 4.69) is 11.4 Å². The number of rotatable bonds is 7. The fraction of sp³-hybridized carbons (Fsp3) is 0.562. The molecular formula is C16H24N2O2. The van der Waals surface area contributed by atoms with Crippen molar-refractivity contribution in [3.63, 3.8) is 0 Å². The Kier molecular flexibility index (Phi) is 6.00. The molecule has 0 amide bonds. The molecule has 2 atom stereocenters. The SMILES string of the molecule is CC(C)NC(C)(C#N)CC(C)Oc1cccc(CO)c1. The van der Waals surface area contributed by atoms with E-state index >= 15 is 0 Å². The van der Waals surface area contributed by atoms with Crippen molar-refractivity contribution in [2.45, 2.75) is 58.4 Å². The van der Waals surface area contributed by atoms with Gasteiger partial charge in [-0.1, -0.05) is 12.1 Å². The first-order valence-corrected chi connectivity index (χ1v) is 6.94. The molecular weight excluding hydrogens is 252 g/mol. The van der Waals surface area contributed by atoms with Gasteiger partial charge in [-0.25, -0.2) is 0 Å². The molecule has 0 aliphatic heterocycles. The molecule has 0 fully saturated rings. The van der Waals surface area contributed by atoms with Gasteiger partial charge < -0.3 is 9.84 Å². The van der Waals surface area contributed by atoms with E-state index in [4.69, 9.17) is 9.84 Å². The molecule has 110 valence electrons. The highest BCUT2D eigenvalue weighted by atomic mass is 16.5. The van der Waals surface area contributed by atoms with Crippen LogP contribution in [-0.2, 0) is 6.61 Å². The molecule has 4 heteroatoms. The zero-order chi connectivity index (χ0) is 15.2. The number of aliphatic hydroxyl groups is 1. The first kappa shape index (κ1) is 16.5. The lowest BCUT2D eigenvalue weighted by atomic mass is 9.95. The smallest absolute Gasteiger partial charge is 0.120 e. The van der Waals surface area contributed by atoms with E-state index in [0.717, 1.165) is 5.56 Å². The van der Waals surface area contributed by atoms with Crippen LogP contribution in [0.4, 0.5) is 0 Å². The van der Waals surface area contributed by atoms with E-state index in [9.17, 15) is 5.26 Å². The van der Waals surface area contributed by atoms with Gasteiger partial charge in [0, 0.05) is 12.5 Å². The first-order chi connectivity index (χ1) is 9.38. The summed E-state index contributed by atoms with van der Waals surface area (Å²) < 4.78 is 5.83. The van der Waals surface area contributed by atoms with Crippen molar-refractivity contribution in [2.24, 2.45) is 0 Å². The lowest BCUT2D eigenvalue weighted by Crippen LogP contribution is -2.47. The van der Waals surface area contributed by atoms with E-state index < -0.39 is 5.54 Å². The number of nitriles is 1. The average Bonchev–Trinajstić information content (AvgIpc) is 2.37. The second-order valence-electron chi connectivity index (χ2n) is 5.68. The molecule has 1 rings (SSSR count). The minimum Gasteiger partial charge on any atom is -0.491 e. The molecule has 0 aromatic heterocycles. The molecule has 2 unspecified atom stereocenters. The van der Waals surface area contributed by atoms with Gasteiger partial charge in [0.15, 0.2) is 0 Å². The highest BCUT2D eigenvalue weighted by Gasteiger charge is 2.27. The van der Waals surface area contributed by atoms with Gasteiger partial charge in [-0.3, -0.25) is 5.32 Å². The molecule has 20 heavy (non-hydrogen) atoms. The fourth-order valence-corrected chi connectivity index (χ4v) is 2.34. The van der Waals surface area contributed by atoms with Crippen LogP contribution in [0.25, 0.3) is 0 Å². The fourth-order valence-electron chi connectivity index (χ4n) is 2.34. The first-order valence-electron chi connectivity index (χ1n) is 6.94. The third-order valence-corrected chi connectivity index (χ3v) is 2.97. The predicted octanol–water partition coefficient (Wildman–Crippen LogP) is 2.62. The molecule has 0 spiro atoms. The van der Waals surface area contributed by atoms with Crippen molar-refractivity contribution in [3.8, 4) is 11.8 Å². The third kappa shape index (κ3) is 5.20. The molecule has 0 aliphatic rings. The summed E-state index contributed by atoms with van der Waals surface area (Å²) >= 11 is 0. The Hall–Kier alpha value is -1.57. The molecule has 0 saturated heterocycles. The largest absolute Gasteiger partial charge is 0.491 e. The molecule has 2 N–H and O–H groups in total. The molecule has 0 bridgehead atoms. The number of hydrogen-bond acceptors (Lipinski definition) is 4. The average molecular weight is 276 g/mol. The summed E-state index contributed by atoms with van der Waals surface area (Å²) in [5, 5.41) is 21.7. The molecule has 0 heterocycles. The topological polar surface area (TPSA) is 65.3 Å². The maximum atomic E-state index is 9.33.